The van der Waals surface area contributed by atoms with Crippen molar-refractivity contribution in [2.75, 3.05) is 6.61 Å². The molecular weight excluding hydrogens is 500 g/mol. The fraction of sp³-hybridized carbons (Fsp3) is 0.412. The highest BCUT2D eigenvalue weighted by molar-refractivity contribution is 5.96. The molecule has 3 rings (SSSR count). The van der Waals surface area contributed by atoms with Crippen molar-refractivity contribution in [2.45, 2.75) is 84.5 Å². The fourth-order valence-corrected chi connectivity index (χ4v) is 4.25. The van der Waals surface area contributed by atoms with Gasteiger partial charge in [-0.15, -0.1) is 0 Å². The second-order valence-electron chi connectivity index (χ2n) is 9.96. The minimum Gasteiger partial charge on any atom is -0.494 e. The Kier molecular flexibility index (Phi) is 13.6. The first-order chi connectivity index (χ1) is 19.6. The average Bonchev–Trinajstić information content (AvgIpc) is 2.99. The molecule has 0 amide bonds. The van der Waals surface area contributed by atoms with E-state index >= 15 is 0 Å². The number of benzene rings is 3. The zero-order valence-electron chi connectivity index (χ0n) is 23.9. The number of unbranched alkanes of at least 4 members (excludes halogenated alkanes) is 9. The Morgan fingerprint density at radius 3 is 1.60 bits per heavy atom. The molecule has 6 heteroatoms. The number of carbonyl (C=O) groups is 2. The van der Waals surface area contributed by atoms with Gasteiger partial charge in [-0.25, -0.2) is 4.79 Å². The van der Waals surface area contributed by atoms with Crippen molar-refractivity contribution in [2.24, 2.45) is 10.2 Å². The van der Waals surface area contributed by atoms with Gasteiger partial charge in [-0.2, -0.15) is 10.2 Å². The third-order valence-corrected chi connectivity index (χ3v) is 6.70. The second-order valence-corrected chi connectivity index (χ2v) is 9.96. The van der Waals surface area contributed by atoms with Crippen molar-refractivity contribution in [1.82, 2.24) is 0 Å². The molecule has 0 fully saturated rings. The Bertz CT molecular complexity index is 1190. The van der Waals surface area contributed by atoms with Gasteiger partial charge in [0.25, 0.3) is 0 Å². The highest BCUT2D eigenvalue weighted by Gasteiger charge is 2.09. The maximum Gasteiger partial charge on any atom is 0.343 e. The number of hydrogen-bond donors (Lipinski definition) is 0. The molecule has 40 heavy (non-hydrogen) atoms. The smallest absolute Gasteiger partial charge is 0.343 e. The van der Waals surface area contributed by atoms with Crippen LogP contribution in [0.25, 0.3) is 0 Å². The molecule has 3 aromatic rings. The summed E-state index contributed by atoms with van der Waals surface area (Å²) in [6.45, 7) is 4.78. The van der Waals surface area contributed by atoms with Crippen molar-refractivity contribution in [3.8, 4) is 11.5 Å². The van der Waals surface area contributed by atoms with E-state index in [2.05, 4.69) is 17.2 Å². The minimum absolute atomic E-state index is 0.0949. The topological polar surface area (TPSA) is 77.3 Å². The van der Waals surface area contributed by atoms with Crippen molar-refractivity contribution in [1.29, 1.82) is 0 Å². The van der Waals surface area contributed by atoms with Crippen LogP contribution in [0.1, 0.15) is 105 Å². The van der Waals surface area contributed by atoms with Gasteiger partial charge in [0.2, 0.25) is 0 Å². The second kappa shape index (κ2) is 17.7. The lowest BCUT2D eigenvalue weighted by Crippen LogP contribution is -2.08. The molecular formula is C34H42N2O4. The molecule has 0 aliphatic carbocycles. The molecule has 3 aromatic carbocycles. The van der Waals surface area contributed by atoms with Crippen LogP contribution < -0.4 is 9.47 Å². The molecule has 0 N–H and O–H groups in total. The first-order valence-electron chi connectivity index (χ1n) is 14.7. The van der Waals surface area contributed by atoms with Crippen molar-refractivity contribution in [3.63, 3.8) is 0 Å². The molecule has 0 atom stereocenters. The van der Waals surface area contributed by atoms with Gasteiger partial charge in [0.05, 0.1) is 23.5 Å². The Morgan fingerprint density at radius 2 is 1.05 bits per heavy atom. The number of ketones is 1. The highest BCUT2D eigenvalue weighted by atomic mass is 16.5. The van der Waals surface area contributed by atoms with Crippen LogP contribution in [0, 0.1) is 0 Å². The van der Waals surface area contributed by atoms with Crippen molar-refractivity contribution >= 4 is 23.1 Å². The Hall–Kier alpha value is -3.80. The Labute approximate surface area is 238 Å². The maximum atomic E-state index is 12.5. The first-order valence-corrected chi connectivity index (χ1v) is 14.7. The van der Waals surface area contributed by atoms with Crippen LogP contribution in [0.15, 0.2) is 83.0 Å². The van der Waals surface area contributed by atoms with E-state index in [4.69, 9.17) is 9.47 Å². The fourth-order valence-electron chi connectivity index (χ4n) is 4.25. The van der Waals surface area contributed by atoms with Gasteiger partial charge in [0.1, 0.15) is 11.5 Å². The van der Waals surface area contributed by atoms with E-state index in [0.29, 0.717) is 41.3 Å². The molecule has 0 saturated heterocycles. The average molecular weight is 543 g/mol. The van der Waals surface area contributed by atoms with Crippen LogP contribution in [-0.4, -0.2) is 18.4 Å². The number of Topliss-reactive ketones (excluding diaryl/α,β-unsaturated/α-hetero) is 1. The van der Waals surface area contributed by atoms with Gasteiger partial charge in [0, 0.05) is 12.0 Å². The lowest BCUT2D eigenvalue weighted by molar-refractivity contribution is 0.0734. The summed E-state index contributed by atoms with van der Waals surface area (Å²) in [6.07, 6.45) is 13.4. The summed E-state index contributed by atoms with van der Waals surface area (Å²) < 4.78 is 11.3. The van der Waals surface area contributed by atoms with Crippen LogP contribution >= 0.6 is 0 Å². The molecule has 0 aliphatic rings. The number of rotatable bonds is 18. The summed E-state index contributed by atoms with van der Waals surface area (Å²) in [5.74, 6) is 0.844. The largest absolute Gasteiger partial charge is 0.494 e. The van der Waals surface area contributed by atoms with Gasteiger partial charge in [0.15, 0.2) is 5.78 Å². The number of ether oxygens (including phenoxy) is 2. The van der Waals surface area contributed by atoms with E-state index in [0.717, 1.165) is 12.2 Å². The summed E-state index contributed by atoms with van der Waals surface area (Å²) in [5.41, 5.74) is 2.40. The Balaban J connectivity index is 1.35. The van der Waals surface area contributed by atoms with Crippen LogP contribution in [0.3, 0.4) is 0 Å². The zero-order chi connectivity index (χ0) is 28.4. The highest BCUT2D eigenvalue weighted by Crippen LogP contribution is 2.23. The summed E-state index contributed by atoms with van der Waals surface area (Å²) in [7, 11) is 0. The van der Waals surface area contributed by atoms with E-state index in [9.17, 15) is 9.59 Å². The SMILES string of the molecule is CCCCCCCCCCCCOc1ccc(C(=O)Oc2ccc(N=Nc3ccc(C(=O)CC)cc3)cc2)cc1. The first kappa shape index (κ1) is 30.7. The lowest BCUT2D eigenvalue weighted by Gasteiger charge is -2.08. The molecule has 6 nitrogen and oxygen atoms in total. The number of nitrogens with zero attached hydrogens (tertiary/aromatic N) is 2. The number of hydrogen-bond acceptors (Lipinski definition) is 6. The van der Waals surface area contributed by atoms with Gasteiger partial charge >= 0.3 is 5.97 Å². The molecule has 212 valence electrons. The van der Waals surface area contributed by atoms with E-state index < -0.39 is 5.97 Å². The molecule has 0 unspecified atom stereocenters. The quantitative estimate of drug-likeness (QED) is 0.0526. The van der Waals surface area contributed by atoms with Gasteiger partial charge in [-0.05, 0) is 79.2 Å². The van der Waals surface area contributed by atoms with E-state index in [1.807, 2.05) is 6.92 Å². The summed E-state index contributed by atoms with van der Waals surface area (Å²) in [5, 5.41) is 8.40. The molecule has 0 radical (unpaired) electrons. The molecule has 0 aromatic heterocycles. The third kappa shape index (κ3) is 11.1. The van der Waals surface area contributed by atoms with Crippen LogP contribution in [-0.2, 0) is 0 Å². The van der Waals surface area contributed by atoms with Gasteiger partial charge < -0.3 is 9.47 Å². The van der Waals surface area contributed by atoms with Crippen LogP contribution in [0.5, 0.6) is 11.5 Å². The van der Waals surface area contributed by atoms with E-state index in [1.165, 1.54) is 57.8 Å². The third-order valence-electron chi connectivity index (χ3n) is 6.70. The predicted molar refractivity (Wildman–Crippen MR) is 160 cm³/mol. The summed E-state index contributed by atoms with van der Waals surface area (Å²) in [6, 6.07) is 20.9. The normalized spacial score (nSPS) is 11.1. The Morgan fingerprint density at radius 1 is 0.575 bits per heavy atom. The summed E-state index contributed by atoms with van der Waals surface area (Å²) >= 11 is 0. The number of esters is 1. The number of carbonyl (C=O) groups excluding carboxylic acids is 2. The number of azo groups is 1. The van der Waals surface area contributed by atoms with Crippen molar-refractivity contribution < 1.29 is 19.1 Å². The summed E-state index contributed by atoms with van der Waals surface area (Å²) in [4.78, 5) is 24.3. The van der Waals surface area contributed by atoms with Crippen molar-refractivity contribution in [3.05, 3.63) is 83.9 Å². The van der Waals surface area contributed by atoms with Crippen LogP contribution in [0.2, 0.25) is 0 Å². The molecule has 0 spiro atoms. The lowest BCUT2D eigenvalue weighted by atomic mass is 10.1. The minimum atomic E-state index is -0.433. The standard InChI is InChI=1S/C34H42N2O4/c1-3-5-6-7-8-9-10-11-12-13-26-39-31-22-16-28(17-23-31)34(38)40-32-24-20-30(21-25-32)36-35-29-18-14-27(15-19-29)33(37)4-2/h14-25H,3-13,26H2,1-2H3. The van der Waals surface area contributed by atoms with E-state index in [1.54, 1.807) is 72.8 Å². The predicted octanol–water partition coefficient (Wildman–Crippen LogP) is 10.2. The molecule has 0 bridgehead atoms. The van der Waals surface area contributed by atoms with Gasteiger partial charge in [-0.1, -0.05) is 71.6 Å². The molecule has 0 saturated carbocycles. The van der Waals surface area contributed by atoms with Gasteiger partial charge in [-0.3, -0.25) is 4.79 Å². The maximum absolute atomic E-state index is 12.5. The molecule has 0 aliphatic heterocycles. The van der Waals surface area contributed by atoms with E-state index in [-0.39, 0.29) is 5.78 Å². The zero-order valence-corrected chi connectivity index (χ0v) is 23.9. The molecule has 0 heterocycles. The monoisotopic (exact) mass is 542 g/mol. The van der Waals surface area contributed by atoms with Crippen LogP contribution in [0.4, 0.5) is 11.4 Å².